The van der Waals surface area contributed by atoms with Crippen molar-refractivity contribution in [2.75, 3.05) is 26.7 Å². The Hall–Kier alpha value is -1.92. The molecule has 2 fully saturated rings. The Morgan fingerprint density at radius 2 is 1.85 bits per heavy atom. The molecule has 1 amide bonds. The smallest absolute Gasteiger partial charge is 0.303 e. The van der Waals surface area contributed by atoms with Crippen molar-refractivity contribution in [1.29, 1.82) is 0 Å². The maximum absolute atomic E-state index is 12.5. The van der Waals surface area contributed by atoms with Crippen molar-refractivity contribution < 1.29 is 19.8 Å². The van der Waals surface area contributed by atoms with E-state index < -0.39 is 11.6 Å². The topological polar surface area (TPSA) is 81.1 Å². The van der Waals surface area contributed by atoms with Crippen LogP contribution in [0.1, 0.15) is 37.7 Å². The van der Waals surface area contributed by atoms with E-state index in [1.54, 1.807) is 11.9 Å². The number of carboxylic acid groups (broad SMARTS) is 1. The summed E-state index contributed by atoms with van der Waals surface area (Å²) in [5.74, 6) is -0.914. The molecule has 0 spiro atoms. The molecule has 1 aromatic rings. The van der Waals surface area contributed by atoms with Crippen LogP contribution < -0.4 is 0 Å². The number of aliphatic hydroxyl groups is 1. The summed E-state index contributed by atoms with van der Waals surface area (Å²) in [5, 5.41) is 19.9. The summed E-state index contributed by atoms with van der Waals surface area (Å²) in [7, 11) is 1.71. The molecule has 1 heterocycles. The quantitative estimate of drug-likeness (QED) is 0.738. The molecule has 1 saturated carbocycles. The van der Waals surface area contributed by atoms with E-state index in [-0.39, 0.29) is 24.2 Å². The standard InChI is InChI=1S/C20H28N2O4/c1-21(17(23)11-19(7-8-19)12-18(24)25)14-20(26)9-10-22(15-20)13-16-5-3-2-4-6-16/h2-6,26H,7-15H2,1H3,(H,24,25). The third kappa shape index (κ3) is 4.83. The maximum atomic E-state index is 12.5. The van der Waals surface area contributed by atoms with Crippen molar-refractivity contribution in [3.8, 4) is 0 Å². The second kappa shape index (κ2) is 7.37. The Balaban J connectivity index is 1.50. The molecule has 2 N–H and O–H groups in total. The van der Waals surface area contributed by atoms with Crippen LogP contribution in [-0.2, 0) is 16.1 Å². The van der Waals surface area contributed by atoms with Crippen LogP contribution in [0.4, 0.5) is 0 Å². The zero-order chi connectivity index (χ0) is 18.8. The Morgan fingerprint density at radius 1 is 1.15 bits per heavy atom. The van der Waals surface area contributed by atoms with E-state index in [1.165, 1.54) is 5.56 Å². The normalized spacial score (nSPS) is 24.4. The molecule has 1 aromatic carbocycles. The molecule has 0 bridgehead atoms. The molecule has 0 aromatic heterocycles. The van der Waals surface area contributed by atoms with Gasteiger partial charge in [0.2, 0.25) is 5.91 Å². The summed E-state index contributed by atoms with van der Waals surface area (Å²) < 4.78 is 0. The SMILES string of the molecule is CN(CC1(O)CCN(Cc2ccccc2)C1)C(=O)CC1(CC(=O)O)CC1. The van der Waals surface area contributed by atoms with E-state index in [9.17, 15) is 14.7 Å². The summed E-state index contributed by atoms with van der Waals surface area (Å²) in [6.45, 7) is 2.43. The number of hydrogen-bond acceptors (Lipinski definition) is 4. The number of carbonyl (C=O) groups is 2. The first-order valence-electron chi connectivity index (χ1n) is 9.24. The maximum Gasteiger partial charge on any atom is 0.303 e. The number of rotatable bonds is 8. The number of carboxylic acids is 1. The Kier molecular flexibility index (Phi) is 5.34. The molecule has 142 valence electrons. The zero-order valence-electron chi connectivity index (χ0n) is 15.4. The lowest BCUT2D eigenvalue weighted by molar-refractivity contribution is -0.139. The average molecular weight is 360 g/mol. The van der Waals surface area contributed by atoms with Gasteiger partial charge in [-0.2, -0.15) is 0 Å². The van der Waals surface area contributed by atoms with Gasteiger partial charge in [0.15, 0.2) is 0 Å². The molecule has 3 rings (SSSR count). The first-order valence-corrected chi connectivity index (χ1v) is 9.24. The lowest BCUT2D eigenvalue weighted by Crippen LogP contribution is -2.46. The zero-order valence-corrected chi connectivity index (χ0v) is 15.4. The molecule has 1 aliphatic heterocycles. The minimum atomic E-state index is -0.900. The number of hydrogen-bond donors (Lipinski definition) is 2. The molecule has 6 nitrogen and oxygen atoms in total. The van der Waals surface area contributed by atoms with Gasteiger partial charge in [-0.15, -0.1) is 0 Å². The molecule has 1 unspecified atom stereocenters. The van der Waals surface area contributed by atoms with E-state index >= 15 is 0 Å². The molecular weight excluding hydrogens is 332 g/mol. The van der Waals surface area contributed by atoms with E-state index in [0.717, 1.165) is 25.9 Å². The summed E-state index contributed by atoms with van der Waals surface area (Å²) >= 11 is 0. The van der Waals surface area contributed by atoms with Crippen molar-refractivity contribution in [2.24, 2.45) is 5.41 Å². The van der Waals surface area contributed by atoms with Crippen molar-refractivity contribution in [3.63, 3.8) is 0 Å². The lowest BCUT2D eigenvalue weighted by atomic mass is 9.96. The van der Waals surface area contributed by atoms with Gasteiger partial charge in [0.1, 0.15) is 0 Å². The van der Waals surface area contributed by atoms with Gasteiger partial charge in [-0.05, 0) is 30.2 Å². The highest BCUT2D eigenvalue weighted by Crippen LogP contribution is 2.52. The van der Waals surface area contributed by atoms with Crippen molar-refractivity contribution in [2.45, 2.75) is 44.2 Å². The third-order valence-electron chi connectivity index (χ3n) is 5.63. The highest BCUT2D eigenvalue weighted by molar-refractivity contribution is 5.78. The summed E-state index contributed by atoms with van der Waals surface area (Å²) in [6.07, 6.45) is 2.56. The van der Waals surface area contributed by atoms with Crippen LogP contribution in [-0.4, -0.2) is 64.2 Å². The monoisotopic (exact) mass is 360 g/mol. The third-order valence-corrected chi connectivity index (χ3v) is 5.63. The molecule has 1 atom stereocenters. The van der Waals surface area contributed by atoms with Crippen LogP contribution in [0.5, 0.6) is 0 Å². The molecule has 26 heavy (non-hydrogen) atoms. The first-order chi connectivity index (χ1) is 12.3. The van der Waals surface area contributed by atoms with Crippen molar-refractivity contribution in [1.82, 2.24) is 9.80 Å². The highest BCUT2D eigenvalue weighted by Gasteiger charge is 2.47. The van der Waals surface area contributed by atoms with Crippen LogP contribution in [0.15, 0.2) is 30.3 Å². The minimum absolute atomic E-state index is 0.0572. The number of aliphatic carboxylic acids is 1. The van der Waals surface area contributed by atoms with Gasteiger partial charge < -0.3 is 15.1 Å². The largest absolute Gasteiger partial charge is 0.481 e. The fourth-order valence-corrected chi connectivity index (χ4v) is 3.95. The summed E-state index contributed by atoms with van der Waals surface area (Å²) in [6, 6.07) is 10.2. The number of benzene rings is 1. The van der Waals surface area contributed by atoms with Gasteiger partial charge in [0.25, 0.3) is 0 Å². The molecule has 0 radical (unpaired) electrons. The predicted molar refractivity (Wildman–Crippen MR) is 97.5 cm³/mol. The predicted octanol–water partition coefficient (Wildman–Crippen LogP) is 1.73. The van der Waals surface area contributed by atoms with Crippen LogP contribution in [0, 0.1) is 5.41 Å². The second-order valence-electron chi connectivity index (χ2n) is 8.17. The Labute approximate surface area is 154 Å². The molecule has 1 aliphatic carbocycles. The van der Waals surface area contributed by atoms with Gasteiger partial charge in [-0.3, -0.25) is 14.5 Å². The van der Waals surface area contributed by atoms with Gasteiger partial charge in [-0.25, -0.2) is 0 Å². The average Bonchev–Trinajstić information content (AvgIpc) is 3.21. The number of amides is 1. The van der Waals surface area contributed by atoms with Crippen LogP contribution >= 0.6 is 0 Å². The van der Waals surface area contributed by atoms with Crippen molar-refractivity contribution >= 4 is 11.9 Å². The molecule has 1 saturated heterocycles. The van der Waals surface area contributed by atoms with Gasteiger partial charge >= 0.3 is 5.97 Å². The van der Waals surface area contributed by atoms with E-state index in [2.05, 4.69) is 17.0 Å². The second-order valence-corrected chi connectivity index (χ2v) is 8.17. The number of likely N-dealkylation sites (N-methyl/N-ethyl adjacent to an activating group) is 1. The van der Waals surface area contributed by atoms with Crippen LogP contribution in [0.25, 0.3) is 0 Å². The van der Waals surface area contributed by atoms with Gasteiger partial charge in [0, 0.05) is 33.1 Å². The van der Waals surface area contributed by atoms with Gasteiger partial charge in [0.05, 0.1) is 18.6 Å². The van der Waals surface area contributed by atoms with E-state index in [4.69, 9.17) is 5.11 Å². The summed E-state index contributed by atoms with van der Waals surface area (Å²) in [4.78, 5) is 27.2. The fraction of sp³-hybridized carbons (Fsp3) is 0.600. The lowest BCUT2D eigenvalue weighted by Gasteiger charge is -2.30. The molecule has 2 aliphatic rings. The fourth-order valence-electron chi connectivity index (χ4n) is 3.95. The van der Waals surface area contributed by atoms with Crippen molar-refractivity contribution in [3.05, 3.63) is 35.9 Å². The Bertz CT molecular complexity index is 659. The number of likely N-dealkylation sites (tertiary alicyclic amines) is 1. The van der Waals surface area contributed by atoms with E-state index in [0.29, 0.717) is 19.5 Å². The van der Waals surface area contributed by atoms with Crippen LogP contribution in [0.3, 0.4) is 0 Å². The highest BCUT2D eigenvalue weighted by atomic mass is 16.4. The Morgan fingerprint density at radius 3 is 2.46 bits per heavy atom. The first kappa shape index (κ1) is 18.9. The number of carbonyl (C=O) groups excluding carboxylic acids is 1. The van der Waals surface area contributed by atoms with Gasteiger partial charge in [-0.1, -0.05) is 30.3 Å². The van der Waals surface area contributed by atoms with E-state index in [1.807, 2.05) is 18.2 Å². The minimum Gasteiger partial charge on any atom is -0.481 e. The number of nitrogens with zero attached hydrogens (tertiary/aromatic N) is 2. The number of β-amino-alcohol motifs (C(OH)–C–C–N with tert-alkyl or cyclic N) is 1. The molecular formula is C20H28N2O4. The summed E-state index contributed by atoms with van der Waals surface area (Å²) in [5.41, 5.74) is -0.0390. The van der Waals surface area contributed by atoms with Crippen LogP contribution in [0.2, 0.25) is 0 Å². The molecule has 6 heteroatoms.